The Labute approximate surface area is 223 Å². The van der Waals surface area contributed by atoms with Crippen molar-refractivity contribution in [2.24, 2.45) is 0 Å². The number of hydrogen-bond donors (Lipinski definition) is 3. The van der Waals surface area contributed by atoms with Crippen LogP contribution in [0.15, 0.2) is 41.1 Å². The maximum absolute atomic E-state index is 15.2. The zero-order valence-electron chi connectivity index (χ0n) is 21.7. The van der Waals surface area contributed by atoms with Gasteiger partial charge in [0.25, 0.3) is 5.91 Å². The summed E-state index contributed by atoms with van der Waals surface area (Å²) in [4.78, 5) is 36.8. The van der Waals surface area contributed by atoms with Crippen LogP contribution in [0.3, 0.4) is 0 Å². The average molecular weight is 533 g/mol. The van der Waals surface area contributed by atoms with Crippen LogP contribution in [0.4, 0.5) is 15.0 Å². The largest absolute Gasteiger partial charge is 0.448 e. The first-order valence-corrected chi connectivity index (χ1v) is 13.0. The molecule has 202 valence electrons. The van der Waals surface area contributed by atoms with Gasteiger partial charge in [-0.2, -0.15) is 5.10 Å². The fourth-order valence-corrected chi connectivity index (χ4v) is 4.86. The quantitative estimate of drug-likeness (QED) is 0.330. The van der Waals surface area contributed by atoms with Gasteiger partial charge in [-0.1, -0.05) is 12.1 Å². The van der Waals surface area contributed by atoms with Crippen LogP contribution in [0.2, 0.25) is 0 Å². The molecule has 1 saturated carbocycles. The first-order chi connectivity index (χ1) is 18.9. The van der Waals surface area contributed by atoms with Crippen LogP contribution in [0.25, 0.3) is 22.2 Å². The summed E-state index contributed by atoms with van der Waals surface area (Å²) in [6.45, 7) is 1.24. The summed E-state index contributed by atoms with van der Waals surface area (Å²) in [5, 5.41) is 14.3. The van der Waals surface area contributed by atoms with E-state index < -0.39 is 11.7 Å². The maximum atomic E-state index is 15.2. The molecule has 2 aliphatic rings. The van der Waals surface area contributed by atoms with E-state index in [2.05, 4.69) is 30.8 Å². The molecule has 1 aliphatic heterocycles. The van der Waals surface area contributed by atoms with Crippen LogP contribution in [0.1, 0.15) is 47.1 Å². The topological polar surface area (TPSA) is 132 Å². The molecule has 1 unspecified atom stereocenters. The second-order valence-electron chi connectivity index (χ2n) is 10.2. The fourth-order valence-electron chi connectivity index (χ4n) is 4.86. The molecule has 0 bridgehead atoms. The summed E-state index contributed by atoms with van der Waals surface area (Å²) in [6, 6.07) is 6.74. The summed E-state index contributed by atoms with van der Waals surface area (Å²) < 4.78 is 20.5. The van der Waals surface area contributed by atoms with E-state index in [0.717, 1.165) is 30.2 Å². The first kappa shape index (κ1) is 24.8. The zero-order valence-corrected chi connectivity index (χ0v) is 21.7. The lowest BCUT2D eigenvalue weighted by Crippen LogP contribution is -2.38. The predicted molar refractivity (Wildman–Crippen MR) is 142 cm³/mol. The number of likely N-dealkylation sites (tertiary alicyclic amines) is 1. The Morgan fingerprint density at radius 1 is 1.23 bits per heavy atom. The summed E-state index contributed by atoms with van der Waals surface area (Å²) >= 11 is 0. The number of aromatic nitrogens is 4. The lowest BCUT2D eigenvalue weighted by molar-refractivity contribution is 0.0945. The van der Waals surface area contributed by atoms with Gasteiger partial charge in [0.2, 0.25) is 0 Å². The van der Waals surface area contributed by atoms with Crippen molar-refractivity contribution < 1.29 is 18.4 Å². The van der Waals surface area contributed by atoms with E-state index in [1.807, 2.05) is 12.1 Å². The van der Waals surface area contributed by atoms with Gasteiger partial charge in [0.05, 0.1) is 5.39 Å². The predicted octanol–water partition coefficient (Wildman–Crippen LogP) is 3.73. The normalized spacial score (nSPS) is 17.0. The molecule has 2 fully saturated rings. The molecule has 1 aliphatic carbocycles. The Balaban J connectivity index is 1.17. The van der Waals surface area contributed by atoms with E-state index in [9.17, 15) is 9.59 Å². The number of halogens is 1. The number of carbonyl (C=O) groups excluding carboxylic acids is 2. The highest BCUT2D eigenvalue weighted by atomic mass is 19.1. The van der Waals surface area contributed by atoms with Crippen LogP contribution < -0.4 is 10.6 Å². The van der Waals surface area contributed by atoms with Crippen molar-refractivity contribution in [1.82, 2.24) is 35.3 Å². The summed E-state index contributed by atoms with van der Waals surface area (Å²) in [7, 11) is 3.48. The van der Waals surface area contributed by atoms with Crippen molar-refractivity contribution in [3.05, 3.63) is 59.7 Å². The molecule has 3 amide bonds. The number of H-pyrrole nitrogens is 1. The zero-order chi connectivity index (χ0) is 27.1. The van der Waals surface area contributed by atoms with Gasteiger partial charge in [-0.25, -0.2) is 19.2 Å². The third-order valence-corrected chi connectivity index (χ3v) is 7.13. The third-order valence-electron chi connectivity index (χ3n) is 7.13. The van der Waals surface area contributed by atoms with Gasteiger partial charge < -0.3 is 24.9 Å². The number of nitrogens with zero attached hydrogens (tertiary/aromatic N) is 5. The van der Waals surface area contributed by atoms with Gasteiger partial charge in [0.1, 0.15) is 12.1 Å². The number of benzene rings is 1. The molecule has 4 heterocycles. The number of aromatic amines is 1. The van der Waals surface area contributed by atoms with Crippen LogP contribution in [0, 0.1) is 5.82 Å². The standard InChI is InChI=1S/C27H29FN8O3/c1-35(2)27(38)36-10-8-18(13-36)31-24-22-19(7-9-29-23(22)33-34-24)16-5-6-17(20(28)11-16)12-30-25(37)21-14-39-26(32-21)15-3-4-15/h5-7,9,11,14-15,18H,3-4,8,10,12-13H2,1-2H3,(H,30,37)(H2,29,31,33,34). The smallest absolute Gasteiger partial charge is 0.319 e. The Kier molecular flexibility index (Phi) is 6.37. The van der Waals surface area contributed by atoms with Crippen molar-refractivity contribution in [3.63, 3.8) is 0 Å². The van der Waals surface area contributed by atoms with E-state index in [0.29, 0.717) is 47.5 Å². The minimum Gasteiger partial charge on any atom is -0.448 e. The molecule has 6 rings (SSSR count). The van der Waals surface area contributed by atoms with Crippen molar-refractivity contribution in [2.75, 3.05) is 32.5 Å². The van der Waals surface area contributed by atoms with E-state index in [4.69, 9.17) is 4.42 Å². The Morgan fingerprint density at radius 2 is 2.08 bits per heavy atom. The molecule has 0 radical (unpaired) electrons. The molecule has 3 aromatic heterocycles. The van der Waals surface area contributed by atoms with E-state index in [1.165, 1.54) is 12.3 Å². The monoisotopic (exact) mass is 532 g/mol. The number of urea groups is 1. The number of nitrogens with one attached hydrogen (secondary N) is 3. The van der Waals surface area contributed by atoms with E-state index in [1.54, 1.807) is 36.2 Å². The van der Waals surface area contributed by atoms with Crippen LogP contribution in [-0.4, -0.2) is 75.1 Å². The van der Waals surface area contributed by atoms with Gasteiger partial charge in [-0.3, -0.25) is 9.89 Å². The minimum atomic E-state index is -0.441. The van der Waals surface area contributed by atoms with Crippen molar-refractivity contribution in [2.45, 2.75) is 37.8 Å². The van der Waals surface area contributed by atoms with Crippen LogP contribution >= 0.6 is 0 Å². The second kappa shape index (κ2) is 10.0. The summed E-state index contributed by atoms with van der Waals surface area (Å²) in [6.07, 6.45) is 5.82. The highest BCUT2D eigenvalue weighted by Gasteiger charge is 2.30. The number of hydrogen-bond acceptors (Lipinski definition) is 7. The van der Waals surface area contributed by atoms with Crippen LogP contribution in [-0.2, 0) is 6.54 Å². The van der Waals surface area contributed by atoms with Crippen molar-refractivity contribution in [1.29, 1.82) is 0 Å². The first-order valence-electron chi connectivity index (χ1n) is 13.0. The lowest BCUT2D eigenvalue weighted by atomic mass is 10.0. The van der Waals surface area contributed by atoms with Gasteiger partial charge >= 0.3 is 6.03 Å². The van der Waals surface area contributed by atoms with Gasteiger partial charge in [-0.15, -0.1) is 0 Å². The number of carbonyl (C=O) groups is 2. The molecule has 12 heteroatoms. The highest BCUT2D eigenvalue weighted by molar-refractivity contribution is 6.00. The molecule has 11 nitrogen and oxygen atoms in total. The minimum absolute atomic E-state index is 0.0185. The fraction of sp³-hybridized carbons (Fsp3) is 0.370. The number of fused-ring (bicyclic) bond motifs is 1. The van der Waals surface area contributed by atoms with Crippen LogP contribution in [0.5, 0.6) is 0 Å². The van der Waals surface area contributed by atoms with E-state index in [-0.39, 0.29) is 24.3 Å². The summed E-state index contributed by atoms with van der Waals surface area (Å²) in [5.41, 5.74) is 2.54. The number of pyridine rings is 1. The molecule has 1 atom stereocenters. The third kappa shape index (κ3) is 5.01. The van der Waals surface area contributed by atoms with Crippen molar-refractivity contribution in [3.8, 4) is 11.1 Å². The van der Waals surface area contributed by atoms with Gasteiger partial charge in [0.15, 0.2) is 23.0 Å². The number of anilines is 1. The molecule has 1 saturated heterocycles. The number of rotatable bonds is 7. The lowest BCUT2D eigenvalue weighted by Gasteiger charge is -2.21. The Hall–Kier alpha value is -4.48. The Morgan fingerprint density at radius 3 is 2.85 bits per heavy atom. The van der Waals surface area contributed by atoms with E-state index >= 15 is 4.39 Å². The second-order valence-corrected chi connectivity index (χ2v) is 10.2. The maximum Gasteiger partial charge on any atom is 0.319 e. The molecule has 1 aromatic carbocycles. The molecular weight excluding hydrogens is 503 g/mol. The molecular formula is C27H29FN8O3. The average Bonchev–Trinajstić information content (AvgIpc) is 3.30. The number of amides is 3. The van der Waals surface area contributed by atoms with Gasteiger partial charge in [-0.05, 0) is 42.5 Å². The Bertz CT molecular complexity index is 1540. The molecule has 0 spiro atoms. The highest BCUT2D eigenvalue weighted by Crippen LogP contribution is 2.39. The molecule has 4 aromatic rings. The molecule has 39 heavy (non-hydrogen) atoms. The molecule has 3 N–H and O–H groups in total. The SMILES string of the molecule is CN(C)C(=O)N1CCC(Nc2n[nH]c3nccc(-c4ccc(CNC(=O)c5coc(C6CC6)n5)c(F)c4)c23)C1. The van der Waals surface area contributed by atoms with Crippen molar-refractivity contribution >= 4 is 28.8 Å². The number of oxazole rings is 1. The van der Waals surface area contributed by atoms with Gasteiger partial charge in [0, 0.05) is 57.4 Å². The summed E-state index contributed by atoms with van der Waals surface area (Å²) in [5.74, 6) is 0.647.